The zero-order chi connectivity index (χ0) is 35.3. The van der Waals surface area contributed by atoms with E-state index in [4.69, 9.17) is 9.47 Å². The van der Waals surface area contributed by atoms with Crippen molar-refractivity contribution in [2.24, 2.45) is 0 Å². The van der Waals surface area contributed by atoms with Crippen LogP contribution in [0.2, 0.25) is 0 Å². The molecule has 2 fully saturated rings. The summed E-state index contributed by atoms with van der Waals surface area (Å²) < 4.78 is 11.1. The summed E-state index contributed by atoms with van der Waals surface area (Å²) in [6, 6.07) is 4.30. The molecule has 0 aromatic heterocycles. The van der Waals surface area contributed by atoms with Crippen LogP contribution in [0.1, 0.15) is 114 Å². The number of carbonyl (C=O) groups is 2. The third kappa shape index (κ3) is 7.26. The predicted octanol–water partition coefficient (Wildman–Crippen LogP) is 4.63. The number of amides is 2. The van der Waals surface area contributed by atoms with Gasteiger partial charge in [0, 0.05) is 32.6 Å². The molecule has 268 valence electrons. The van der Waals surface area contributed by atoms with Crippen LogP contribution in [0, 0.1) is 55.4 Å². The summed E-state index contributed by atoms with van der Waals surface area (Å²) in [5, 5.41) is 17.5. The minimum atomic E-state index is -0.664. The number of aryl methyl sites for hydroxylation is 4. The van der Waals surface area contributed by atoms with Crippen LogP contribution in [-0.2, 0) is 19.1 Å². The van der Waals surface area contributed by atoms with Crippen molar-refractivity contribution >= 4 is 23.0 Å². The van der Waals surface area contributed by atoms with E-state index >= 15 is 0 Å². The Labute approximate surface area is 321 Å². The fourth-order valence-electron chi connectivity index (χ4n) is 8.97. The molecule has 2 aliphatic heterocycles. The molecule has 2 saturated carbocycles. The fraction of sp³-hybridized carbons (Fsp3) is 0.561. The maximum Gasteiger partial charge on any atom is 1.00 e. The molecule has 2 spiro atoms. The van der Waals surface area contributed by atoms with Crippen molar-refractivity contribution in [2.75, 3.05) is 14.2 Å². The van der Waals surface area contributed by atoms with E-state index in [1.54, 1.807) is 14.2 Å². The standard InChI is InChI=1S/C21H29NO2.C20H27NO3.Na.H2O/c1-12-10-13(2)18(15(4)14(12)3)19-16(5)21(22-20(19)23)9-7-8-17(11-21)24-6;1-11-9-12(2)16(14(4)13(11)3)17-18(22)20(21-19(17)23)8-6-7-15(10-20)24-5;;/h10,17H,7-9,11H2,1-6H3,(H,22,23);9,15,22H,6-8,10H2,1-5H3,(H,21,23);;1H2/q;;+1;/p-1. The number of methoxy groups -OCH3 is 2. The topological polar surface area (TPSA) is 127 Å². The van der Waals surface area contributed by atoms with Gasteiger partial charge in [0.1, 0.15) is 11.3 Å². The number of rotatable bonds is 4. The second-order valence-electron chi connectivity index (χ2n) is 15.0. The molecule has 9 heteroatoms. The smallest absolute Gasteiger partial charge is 0.870 e. The molecule has 2 aliphatic carbocycles. The molecule has 0 radical (unpaired) electrons. The molecule has 2 aromatic carbocycles. The Morgan fingerprint density at radius 3 is 1.52 bits per heavy atom. The Bertz CT molecular complexity index is 1600. The Hall–Kier alpha value is -2.46. The number of aliphatic hydroxyl groups excluding tert-OH is 1. The van der Waals surface area contributed by atoms with E-state index in [0.717, 1.165) is 72.8 Å². The molecule has 0 bridgehead atoms. The number of ether oxygens (including phenoxy) is 2. The third-order valence-electron chi connectivity index (χ3n) is 12.2. The number of carbonyl (C=O) groups excluding carboxylic acids is 2. The zero-order valence-corrected chi connectivity index (χ0v) is 34.5. The maximum absolute atomic E-state index is 12.9. The Kier molecular flexibility index (Phi) is 13.5. The van der Waals surface area contributed by atoms with Crippen molar-refractivity contribution < 1.29 is 59.2 Å². The number of benzene rings is 2. The summed E-state index contributed by atoms with van der Waals surface area (Å²) in [7, 11) is 3.47. The number of hydrogen-bond acceptors (Lipinski definition) is 6. The molecule has 2 amide bonds. The third-order valence-corrected chi connectivity index (χ3v) is 12.2. The molecule has 4 unspecified atom stereocenters. The largest absolute Gasteiger partial charge is 1.00 e. The van der Waals surface area contributed by atoms with Crippen LogP contribution < -0.4 is 40.2 Å². The van der Waals surface area contributed by atoms with Crippen molar-refractivity contribution in [1.29, 1.82) is 0 Å². The zero-order valence-electron chi connectivity index (χ0n) is 32.5. The normalized spacial score (nSPS) is 26.0. The number of hydrogen-bond donors (Lipinski definition) is 3. The number of nitrogens with one attached hydrogen (secondary N) is 2. The van der Waals surface area contributed by atoms with E-state index in [-0.39, 0.29) is 70.4 Å². The van der Waals surface area contributed by atoms with Crippen LogP contribution in [0.15, 0.2) is 23.5 Å². The molecule has 4 N–H and O–H groups in total. The molecule has 50 heavy (non-hydrogen) atoms. The molecular weight excluding hydrogens is 639 g/mol. The van der Waals surface area contributed by atoms with Crippen molar-refractivity contribution in [2.45, 2.75) is 137 Å². The van der Waals surface area contributed by atoms with Gasteiger partial charge in [0.2, 0.25) is 0 Å². The van der Waals surface area contributed by atoms with E-state index in [9.17, 15) is 14.7 Å². The van der Waals surface area contributed by atoms with Crippen molar-refractivity contribution in [3.05, 3.63) is 79.1 Å². The minimum Gasteiger partial charge on any atom is -0.870 e. The minimum absolute atomic E-state index is 0. The second-order valence-corrected chi connectivity index (χ2v) is 15.0. The van der Waals surface area contributed by atoms with Gasteiger partial charge in [-0.2, -0.15) is 0 Å². The monoisotopic (exact) mass is 696 g/mol. The summed E-state index contributed by atoms with van der Waals surface area (Å²) in [6.07, 6.45) is 7.67. The van der Waals surface area contributed by atoms with Gasteiger partial charge in [-0.3, -0.25) is 9.59 Å². The van der Waals surface area contributed by atoms with Crippen molar-refractivity contribution in [3.63, 3.8) is 0 Å². The fourth-order valence-corrected chi connectivity index (χ4v) is 8.97. The Morgan fingerprint density at radius 2 is 1.04 bits per heavy atom. The van der Waals surface area contributed by atoms with Gasteiger partial charge in [0.15, 0.2) is 0 Å². The predicted molar refractivity (Wildman–Crippen MR) is 195 cm³/mol. The molecule has 4 atom stereocenters. The first-order chi connectivity index (χ1) is 22.6. The van der Waals surface area contributed by atoms with E-state index in [1.165, 1.54) is 39.0 Å². The van der Waals surface area contributed by atoms with Gasteiger partial charge in [0.05, 0.1) is 23.3 Å². The van der Waals surface area contributed by atoms with Crippen LogP contribution >= 0.6 is 0 Å². The quantitative estimate of drug-likeness (QED) is 0.401. The summed E-state index contributed by atoms with van der Waals surface area (Å²) >= 11 is 0. The van der Waals surface area contributed by atoms with Crippen LogP contribution in [0.3, 0.4) is 0 Å². The summed E-state index contributed by atoms with van der Waals surface area (Å²) in [4.78, 5) is 25.7. The van der Waals surface area contributed by atoms with Crippen LogP contribution in [0.25, 0.3) is 11.1 Å². The van der Waals surface area contributed by atoms with Crippen LogP contribution in [-0.4, -0.2) is 59.9 Å². The van der Waals surface area contributed by atoms with Gasteiger partial charge in [-0.15, -0.1) is 0 Å². The maximum atomic E-state index is 12.9. The van der Waals surface area contributed by atoms with Gasteiger partial charge in [-0.05, 0) is 162 Å². The average molecular weight is 697 g/mol. The average Bonchev–Trinajstić information content (AvgIpc) is 3.41. The van der Waals surface area contributed by atoms with Gasteiger partial charge in [-0.1, -0.05) is 12.1 Å². The van der Waals surface area contributed by atoms with Gasteiger partial charge < -0.3 is 30.7 Å². The van der Waals surface area contributed by atoms with Crippen molar-refractivity contribution in [3.8, 4) is 0 Å². The van der Waals surface area contributed by atoms with E-state index in [0.29, 0.717) is 12.0 Å². The van der Waals surface area contributed by atoms with Crippen LogP contribution in [0.5, 0.6) is 0 Å². The first kappa shape index (κ1) is 42.0. The van der Waals surface area contributed by atoms with Crippen LogP contribution in [0.4, 0.5) is 0 Å². The SMILES string of the molecule is COC1CCCC2(C1)NC(=O)C(c1c(C)cc(C)c(C)c1C)=C2C.COC1CCCC2(C1)NC(=O)C(c1c(C)cc(C)c(C)c1C)=C2O.[Na+].[OH-]. The van der Waals surface area contributed by atoms with E-state index in [2.05, 4.69) is 71.2 Å². The molecular formula is C41H57N2NaO6. The van der Waals surface area contributed by atoms with Gasteiger partial charge in [0.25, 0.3) is 11.8 Å². The number of aliphatic hydroxyl groups is 1. The van der Waals surface area contributed by atoms with Gasteiger partial charge >= 0.3 is 29.6 Å². The first-order valence-corrected chi connectivity index (χ1v) is 17.6. The molecule has 8 nitrogen and oxygen atoms in total. The van der Waals surface area contributed by atoms with E-state index in [1.807, 2.05) is 13.8 Å². The molecule has 4 aliphatic rings. The Balaban J connectivity index is 0.000000260. The van der Waals surface area contributed by atoms with E-state index < -0.39 is 5.54 Å². The van der Waals surface area contributed by atoms with Gasteiger partial charge in [-0.25, -0.2) is 0 Å². The summed E-state index contributed by atoms with van der Waals surface area (Å²) in [6.45, 7) is 18.9. The Morgan fingerprint density at radius 1 is 0.640 bits per heavy atom. The molecule has 2 heterocycles. The molecule has 0 saturated heterocycles. The second kappa shape index (κ2) is 16.1. The van der Waals surface area contributed by atoms with Crippen molar-refractivity contribution in [1.82, 2.24) is 10.6 Å². The first-order valence-electron chi connectivity index (χ1n) is 17.6. The molecule has 2 aromatic rings. The summed E-state index contributed by atoms with van der Waals surface area (Å²) in [5.74, 6) is 0.112. The summed E-state index contributed by atoms with van der Waals surface area (Å²) in [5.41, 5.74) is 13.1. The molecule has 6 rings (SSSR count).